The Kier molecular flexibility index (Phi) is 5.55. The van der Waals surface area contributed by atoms with E-state index in [4.69, 9.17) is 5.73 Å². The van der Waals surface area contributed by atoms with Gasteiger partial charge in [-0.3, -0.25) is 0 Å². The molecular formula is C19H37N7. The van der Waals surface area contributed by atoms with E-state index < -0.39 is 0 Å². The van der Waals surface area contributed by atoms with Crippen LogP contribution >= 0.6 is 0 Å². The van der Waals surface area contributed by atoms with Crippen LogP contribution in [0.3, 0.4) is 0 Å². The Morgan fingerprint density at radius 3 is 1.58 bits per heavy atom. The molecule has 2 aliphatic heterocycles. The predicted octanol–water partition coefficient (Wildman–Crippen LogP) is 2.48. The molecular weight excluding hydrogens is 326 g/mol. The molecule has 0 aliphatic carbocycles. The minimum absolute atomic E-state index is 0.00475. The monoisotopic (exact) mass is 363 g/mol. The van der Waals surface area contributed by atoms with E-state index in [1.807, 2.05) is 0 Å². The van der Waals surface area contributed by atoms with Crippen LogP contribution in [0, 0.1) is 0 Å². The average molecular weight is 364 g/mol. The van der Waals surface area contributed by atoms with Gasteiger partial charge in [0.2, 0.25) is 5.96 Å². The molecule has 0 radical (unpaired) electrons. The molecule has 7 heteroatoms. The number of hydrogen-bond donors (Lipinski definition) is 4. The SMILES string of the molecule is CC1(C)CC(=NN=C(N)NN=C2CC(C)(C)NC(C)(C)C2)CC(C)(C)N1. The first-order chi connectivity index (χ1) is 11.7. The molecule has 5 N–H and O–H groups in total. The number of rotatable bonds is 2. The second-order valence-corrected chi connectivity index (χ2v) is 10.4. The highest BCUT2D eigenvalue weighted by Gasteiger charge is 2.36. The first-order valence-electron chi connectivity index (χ1n) is 9.46. The normalized spacial score (nSPS) is 27.0. The quantitative estimate of drug-likeness (QED) is 0.344. The third-order valence-electron chi connectivity index (χ3n) is 4.57. The lowest BCUT2D eigenvalue weighted by molar-refractivity contribution is 0.251. The summed E-state index contributed by atoms with van der Waals surface area (Å²) >= 11 is 0. The Bertz CT molecular complexity index is 588. The summed E-state index contributed by atoms with van der Waals surface area (Å²) in [5.74, 6) is 0.230. The van der Waals surface area contributed by atoms with Crippen LogP contribution in [-0.2, 0) is 0 Å². The molecule has 7 nitrogen and oxygen atoms in total. The van der Waals surface area contributed by atoms with Crippen molar-refractivity contribution in [1.29, 1.82) is 0 Å². The van der Waals surface area contributed by atoms with Gasteiger partial charge in [-0.15, -0.1) is 5.10 Å². The zero-order valence-electron chi connectivity index (χ0n) is 17.7. The lowest BCUT2D eigenvalue weighted by atomic mass is 9.81. The molecule has 0 aromatic heterocycles. The lowest BCUT2D eigenvalue weighted by Crippen LogP contribution is -2.58. The van der Waals surface area contributed by atoms with E-state index in [1.165, 1.54) is 0 Å². The smallest absolute Gasteiger partial charge is 0.234 e. The molecule has 148 valence electrons. The van der Waals surface area contributed by atoms with Crippen molar-refractivity contribution in [3.63, 3.8) is 0 Å². The third kappa shape index (κ3) is 6.36. The van der Waals surface area contributed by atoms with E-state index in [1.54, 1.807) is 0 Å². The molecule has 2 heterocycles. The lowest BCUT2D eigenvalue weighted by Gasteiger charge is -2.43. The summed E-state index contributed by atoms with van der Waals surface area (Å²) in [4.78, 5) is 0. The van der Waals surface area contributed by atoms with Gasteiger partial charge in [0.05, 0.1) is 0 Å². The fraction of sp³-hybridized carbons (Fsp3) is 0.842. The summed E-state index contributed by atoms with van der Waals surface area (Å²) in [6, 6.07) is 0. The van der Waals surface area contributed by atoms with E-state index in [-0.39, 0.29) is 28.1 Å². The van der Waals surface area contributed by atoms with E-state index >= 15 is 0 Å². The topological polar surface area (TPSA) is 99.2 Å². The Morgan fingerprint density at radius 1 is 0.769 bits per heavy atom. The van der Waals surface area contributed by atoms with Crippen molar-refractivity contribution in [3.8, 4) is 0 Å². The summed E-state index contributed by atoms with van der Waals surface area (Å²) in [5.41, 5.74) is 11.0. The number of nitrogens with zero attached hydrogens (tertiary/aromatic N) is 3. The molecule has 26 heavy (non-hydrogen) atoms. The maximum absolute atomic E-state index is 5.97. The van der Waals surface area contributed by atoms with Crippen LogP contribution < -0.4 is 21.8 Å². The van der Waals surface area contributed by atoms with Crippen LogP contribution in [-0.4, -0.2) is 39.5 Å². The fourth-order valence-corrected chi connectivity index (χ4v) is 4.61. The van der Waals surface area contributed by atoms with Gasteiger partial charge in [-0.05, 0) is 55.4 Å². The maximum Gasteiger partial charge on any atom is 0.234 e. The largest absolute Gasteiger partial charge is 0.367 e. The van der Waals surface area contributed by atoms with Crippen molar-refractivity contribution in [2.45, 2.75) is 103 Å². The van der Waals surface area contributed by atoms with E-state index in [2.05, 4.69) is 86.8 Å². The summed E-state index contributed by atoms with van der Waals surface area (Å²) in [6.07, 6.45) is 3.46. The van der Waals surface area contributed by atoms with E-state index in [0.29, 0.717) is 0 Å². The number of guanidine groups is 1. The molecule has 2 rings (SSSR count). The first kappa shape index (κ1) is 20.8. The Labute approximate surface area is 158 Å². The molecule has 0 spiro atoms. The molecule has 0 unspecified atom stereocenters. The zero-order valence-corrected chi connectivity index (χ0v) is 17.7. The van der Waals surface area contributed by atoms with Crippen molar-refractivity contribution in [3.05, 3.63) is 0 Å². The standard InChI is InChI=1S/C19H37N7/c1-16(2)9-13(10-17(3,4)25-16)21-23-15(20)24-22-14-11-18(5,6)26-19(7,8)12-14/h25-26H,9-12H2,1-8H3,(H3,20,23,24). The second kappa shape index (κ2) is 6.93. The number of piperidine rings is 2. The number of nitrogens with two attached hydrogens (primary N) is 1. The van der Waals surface area contributed by atoms with Gasteiger partial charge in [0.25, 0.3) is 0 Å². The van der Waals surface area contributed by atoms with Crippen molar-refractivity contribution < 1.29 is 0 Å². The van der Waals surface area contributed by atoms with Crippen LogP contribution in [0.4, 0.5) is 0 Å². The van der Waals surface area contributed by atoms with Crippen molar-refractivity contribution in [1.82, 2.24) is 16.1 Å². The van der Waals surface area contributed by atoms with Gasteiger partial charge in [-0.1, -0.05) is 0 Å². The number of hydrazone groups is 1. The van der Waals surface area contributed by atoms with Crippen LogP contribution in [0.1, 0.15) is 81.1 Å². The third-order valence-corrected chi connectivity index (χ3v) is 4.57. The summed E-state index contributed by atoms with van der Waals surface area (Å²) in [7, 11) is 0. The molecule has 0 aromatic rings. The molecule has 0 amide bonds. The molecule has 0 bridgehead atoms. The second-order valence-electron chi connectivity index (χ2n) is 10.4. The van der Waals surface area contributed by atoms with Gasteiger partial charge in [-0.25, -0.2) is 5.43 Å². The first-order valence-corrected chi connectivity index (χ1v) is 9.46. The van der Waals surface area contributed by atoms with Crippen LogP contribution in [0.15, 0.2) is 15.3 Å². The van der Waals surface area contributed by atoms with Crippen LogP contribution in [0.25, 0.3) is 0 Å². The molecule has 0 saturated carbocycles. The van der Waals surface area contributed by atoms with Gasteiger partial charge in [0.15, 0.2) is 0 Å². The van der Waals surface area contributed by atoms with Gasteiger partial charge < -0.3 is 16.4 Å². The van der Waals surface area contributed by atoms with Crippen molar-refractivity contribution >= 4 is 17.4 Å². The van der Waals surface area contributed by atoms with Gasteiger partial charge in [0.1, 0.15) is 0 Å². The van der Waals surface area contributed by atoms with E-state index in [9.17, 15) is 0 Å². The molecule has 0 atom stereocenters. The summed E-state index contributed by atoms with van der Waals surface area (Å²) in [5, 5.41) is 20.3. The highest BCUT2D eigenvalue weighted by Crippen LogP contribution is 2.27. The Balaban J connectivity index is 2.04. The van der Waals surface area contributed by atoms with Crippen molar-refractivity contribution in [2.24, 2.45) is 21.0 Å². The van der Waals surface area contributed by atoms with Gasteiger partial charge in [0, 0.05) is 59.3 Å². The predicted molar refractivity (Wildman–Crippen MR) is 111 cm³/mol. The number of nitrogens with one attached hydrogen (secondary N) is 3. The summed E-state index contributed by atoms with van der Waals surface area (Å²) < 4.78 is 0. The molecule has 0 aromatic carbocycles. The Hall–Kier alpha value is -1.47. The van der Waals surface area contributed by atoms with Gasteiger partial charge in [-0.2, -0.15) is 10.2 Å². The fourth-order valence-electron chi connectivity index (χ4n) is 4.61. The Morgan fingerprint density at radius 2 is 1.15 bits per heavy atom. The minimum Gasteiger partial charge on any atom is -0.367 e. The maximum atomic E-state index is 5.97. The van der Waals surface area contributed by atoms with Gasteiger partial charge >= 0.3 is 0 Å². The molecule has 2 saturated heterocycles. The van der Waals surface area contributed by atoms with Crippen molar-refractivity contribution in [2.75, 3.05) is 0 Å². The van der Waals surface area contributed by atoms with E-state index in [0.717, 1.165) is 37.1 Å². The molecule has 2 aliphatic rings. The minimum atomic E-state index is 0.00475. The zero-order chi connectivity index (χ0) is 19.8. The highest BCUT2D eigenvalue weighted by atomic mass is 15.4. The molecule has 2 fully saturated rings. The highest BCUT2D eigenvalue weighted by molar-refractivity contribution is 5.90. The van der Waals surface area contributed by atoms with Crippen LogP contribution in [0.2, 0.25) is 0 Å². The summed E-state index contributed by atoms with van der Waals surface area (Å²) in [6.45, 7) is 17.5. The number of hydrogen-bond acceptors (Lipinski definition) is 5. The van der Waals surface area contributed by atoms with Crippen LogP contribution in [0.5, 0.6) is 0 Å². The average Bonchev–Trinajstić information content (AvgIpc) is 2.36.